The smallest absolute Gasteiger partial charge is 0.323 e. The molecule has 3 unspecified atom stereocenters. The molecule has 1 saturated carbocycles. The van der Waals surface area contributed by atoms with Crippen molar-refractivity contribution in [1.82, 2.24) is 9.88 Å². The van der Waals surface area contributed by atoms with Gasteiger partial charge in [-0.25, -0.2) is 9.37 Å². The highest BCUT2D eigenvalue weighted by atomic mass is 19.1. The van der Waals surface area contributed by atoms with Crippen LogP contribution in [0.25, 0.3) is 11.5 Å². The van der Waals surface area contributed by atoms with Crippen LogP contribution >= 0.6 is 0 Å². The molecule has 1 aliphatic heterocycles. The van der Waals surface area contributed by atoms with Crippen LogP contribution in [0, 0.1) is 11.7 Å². The molecule has 0 spiro atoms. The standard InChI is InChI=1S/C20H23FN2O3/c1-25-20(24)18-10-14-4-2-3-5-17(14)23(18)11-16-12-26-19(22-16)13-6-8-15(21)9-7-13/h6-9,12,14,17-18H,2-5,10-11H2,1H3. The van der Waals surface area contributed by atoms with Crippen molar-refractivity contribution in [3.63, 3.8) is 0 Å². The van der Waals surface area contributed by atoms with E-state index in [1.54, 1.807) is 18.4 Å². The minimum absolute atomic E-state index is 0.165. The van der Waals surface area contributed by atoms with Crippen LogP contribution < -0.4 is 0 Å². The minimum Gasteiger partial charge on any atom is -0.468 e. The molecule has 5 nitrogen and oxygen atoms in total. The Hall–Kier alpha value is -2.21. The quantitative estimate of drug-likeness (QED) is 0.779. The molecule has 0 bridgehead atoms. The lowest BCUT2D eigenvalue weighted by Crippen LogP contribution is -2.42. The summed E-state index contributed by atoms with van der Waals surface area (Å²) in [5.74, 6) is 0.564. The largest absolute Gasteiger partial charge is 0.468 e. The number of halogens is 1. The van der Waals surface area contributed by atoms with Crippen molar-refractivity contribution in [3.8, 4) is 11.5 Å². The van der Waals surface area contributed by atoms with Crippen LogP contribution in [0.1, 0.15) is 37.8 Å². The molecule has 4 rings (SSSR count). The number of ether oxygens (including phenoxy) is 1. The lowest BCUT2D eigenvalue weighted by Gasteiger charge is -2.32. The number of carbonyl (C=O) groups is 1. The summed E-state index contributed by atoms with van der Waals surface area (Å²) in [6.45, 7) is 0.561. The SMILES string of the molecule is COC(=O)C1CC2CCCCC2N1Cc1coc(-c2ccc(F)cc2)n1. The summed E-state index contributed by atoms with van der Waals surface area (Å²) in [5.41, 5.74) is 1.52. The van der Waals surface area contributed by atoms with Crippen molar-refractivity contribution in [2.24, 2.45) is 5.92 Å². The van der Waals surface area contributed by atoms with Gasteiger partial charge in [0.25, 0.3) is 0 Å². The van der Waals surface area contributed by atoms with Crippen molar-refractivity contribution in [2.75, 3.05) is 7.11 Å². The van der Waals surface area contributed by atoms with Crippen LogP contribution in [0.5, 0.6) is 0 Å². The molecular formula is C20H23FN2O3. The first-order chi connectivity index (χ1) is 12.7. The second-order valence-electron chi connectivity index (χ2n) is 7.21. The molecule has 0 N–H and O–H groups in total. The van der Waals surface area contributed by atoms with Gasteiger partial charge in [-0.15, -0.1) is 0 Å². The Kier molecular flexibility index (Phi) is 4.76. The van der Waals surface area contributed by atoms with E-state index in [4.69, 9.17) is 9.15 Å². The monoisotopic (exact) mass is 358 g/mol. The number of benzene rings is 1. The Labute approximate surface area is 152 Å². The van der Waals surface area contributed by atoms with Crippen molar-refractivity contribution in [1.29, 1.82) is 0 Å². The Morgan fingerprint density at radius 2 is 2.08 bits per heavy atom. The fraction of sp³-hybridized carbons (Fsp3) is 0.500. The second-order valence-corrected chi connectivity index (χ2v) is 7.21. The van der Waals surface area contributed by atoms with E-state index in [0.717, 1.165) is 24.1 Å². The molecule has 1 aromatic carbocycles. The normalized spacial score (nSPS) is 25.8. The number of esters is 1. The number of carbonyl (C=O) groups excluding carboxylic acids is 1. The van der Waals surface area contributed by atoms with Crippen molar-refractivity contribution in [3.05, 3.63) is 42.0 Å². The molecule has 138 valence electrons. The first-order valence-corrected chi connectivity index (χ1v) is 9.19. The molecule has 26 heavy (non-hydrogen) atoms. The highest BCUT2D eigenvalue weighted by Gasteiger charge is 2.45. The van der Waals surface area contributed by atoms with Crippen LogP contribution in [0.15, 0.2) is 34.9 Å². The topological polar surface area (TPSA) is 55.6 Å². The third-order valence-corrected chi connectivity index (χ3v) is 5.68. The molecule has 0 radical (unpaired) electrons. The predicted molar refractivity (Wildman–Crippen MR) is 93.6 cm³/mol. The van der Waals surface area contributed by atoms with Gasteiger partial charge in [-0.3, -0.25) is 9.69 Å². The van der Waals surface area contributed by atoms with Crippen molar-refractivity contribution < 1.29 is 18.3 Å². The number of oxazole rings is 1. The lowest BCUT2D eigenvalue weighted by molar-refractivity contribution is -0.146. The predicted octanol–water partition coefficient (Wildman–Crippen LogP) is 3.79. The van der Waals surface area contributed by atoms with Crippen LogP contribution in [0.3, 0.4) is 0 Å². The van der Waals surface area contributed by atoms with Crippen LogP contribution in [-0.4, -0.2) is 35.0 Å². The van der Waals surface area contributed by atoms with Gasteiger partial charge >= 0.3 is 5.97 Å². The number of methoxy groups -OCH3 is 1. The molecular weight excluding hydrogens is 335 g/mol. The third kappa shape index (κ3) is 3.26. The summed E-state index contributed by atoms with van der Waals surface area (Å²) in [5, 5.41) is 0. The van der Waals surface area contributed by atoms with E-state index in [0.29, 0.717) is 24.4 Å². The number of hydrogen-bond acceptors (Lipinski definition) is 5. The number of nitrogens with zero attached hydrogens (tertiary/aromatic N) is 2. The van der Waals surface area contributed by atoms with Gasteiger partial charge in [0.2, 0.25) is 5.89 Å². The first-order valence-electron chi connectivity index (χ1n) is 9.19. The molecule has 0 amide bonds. The van der Waals surface area contributed by atoms with E-state index in [2.05, 4.69) is 9.88 Å². The van der Waals surface area contributed by atoms with Gasteiger partial charge in [-0.1, -0.05) is 12.8 Å². The van der Waals surface area contributed by atoms with Gasteiger partial charge in [0.15, 0.2) is 0 Å². The fourth-order valence-electron chi connectivity index (χ4n) is 4.44. The Bertz CT molecular complexity index is 774. The fourth-order valence-corrected chi connectivity index (χ4v) is 4.44. The molecule has 1 aromatic heterocycles. The van der Waals surface area contributed by atoms with Crippen LogP contribution in [-0.2, 0) is 16.1 Å². The van der Waals surface area contributed by atoms with Crippen molar-refractivity contribution >= 4 is 5.97 Å². The van der Waals surface area contributed by atoms with E-state index in [1.807, 2.05) is 0 Å². The molecule has 2 fully saturated rings. The summed E-state index contributed by atoms with van der Waals surface area (Å²) in [7, 11) is 1.45. The van der Waals surface area contributed by atoms with Gasteiger partial charge < -0.3 is 9.15 Å². The zero-order valence-corrected chi connectivity index (χ0v) is 14.9. The van der Waals surface area contributed by atoms with Gasteiger partial charge in [0.05, 0.1) is 12.8 Å². The summed E-state index contributed by atoms with van der Waals surface area (Å²) in [6, 6.07) is 6.27. The van der Waals surface area contributed by atoms with Crippen LogP contribution in [0.4, 0.5) is 4.39 Å². The summed E-state index contributed by atoms with van der Waals surface area (Å²) in [4.78, 5) is 19.1. The van der Waals surface area contributed by atoms with E-state index < -0.39 is 0 Å². The van der Waals surface area contributed by atoms with Crippen molar-refractivity contribution in [2.45, 2.75) is 50.7 Å². The number of hydrogen-bond donors (Lipinski definition) is 0. The second kappa shape index (κ2) is 7.19. The third-order valence-electron chi connectivity index (χ3n) is 5.68. The molecule has 2 aromatic rings. The van der Waals surface area contributed by atoms with Gasteiger partial charge in [0, 0.05) is 18.2 Å². The van der Waals surface area contributed by atoms with Gasteiger partial charge in [0.1, 0.15) is 18.1 Å². The molecule has 3 atom stereocenters. The van der Waals surface area contributed by atoms with E-state index >= 15 is 0 Å². The summed E-state index contributed by atoms with van der Waals surface area (Å²) in [6.07, 6.45) is 7.21. The van der Waals surface area contributed by atoms with Gasteiger partial charge in [-0.2, -0.15) is 0 Å². The average molecular weight is 358 g/mol. The maximum atomic E-state index is 13.1. The molecule has 1 saturated heterocycles. The highest BCUT2D eigenvalue weighted by Crippen LogP contribution is 2.40. The maximum Gasteiger partial charge on any atom is 0.323 e. The summed E-state index contributed by atoms with van der Waals surface area (Å²) < 4.78 is 23.7. The average Bonchev–Trinajstić information content (AvgIpc) is 3.27. The highest BCUT2D eigenvalue weighted by molar-refractivity contribution is 5.76. The minimum atomic E-state index is -0.290. The molecule has 2 heterocycles. The molecule has 6 heteroatoms. The lowest BCUT2D eigenvalue weighted by atomic mass is 9.85. The van der Waals surface area contributed by atoms with Gasteiger partial charge in [-0.05, 0) is 49.4 Å². The maximum absolute atomic E-state index is 13.1. The molecule has 1 aliphatic carbocycles. The zero-order chi connectivity index (χ0) is 18.1. The van der Waals surface area contributed by atoms with E-state index in [-0.39, 0.29) is 17.8 Å². The Morgan fingerprint density at radius 3 is 2.85 bits per heavy atom. The zero-order valence-electron chi connectivity index (χ0n) is 14.9. The number of aromatic nitrogens is 1. The Balaban J connectivity index is 1.54. The number of fused-ring (bicyclic) bond motifs is 1. The number of rotatable bonds is 4. The summed E-state index contributed by atoms with van der Waals surface area (Å²) >= 11 is 0. The van der Waals surface area contributed by atoms with E-state index in [9.17, 15) is 9.18 Å². The van der Waals surface area contributed by atoms with Crippen LogP contribution in [0.2, 0.25) is 0 Å². The molecule has 2 aliphatic rings. The number of likely N-dealkylation sites (tertiary alicyclic amines) is 1. The van der Waals surface area contributed by atoms with E-state index in [1.165, 1.54) is 38.5 Å². The first kappa shape index (κ1) is 17.2. The Morgan fingerprint density at radius 1 is 1.31 bits per heavy atom.